The van der Waals surface area contributed by atoms with Gasteiger partial charge in [0.2, 0.25) is 5.91 Å². The maximum absolute atomic E-state index is 12.8. The van der Waals surface area contributed by atoms with E-state index < -0.39 is 23.6 Å². The van der Waals surface area contributed by atoms with Crippen molar-refractivity contribution >= 4 is 18.0 Å². The van der Waals surface area contributed by atoms with Gasteiger partial charge in [0.05, 0.1) is 18.2 Å². The summed E-state index contributed by atoms with van der Waals surface area (Å²) in [5.41, 5.74) is 0.944. The first-order valence-corrected chi connectivity index (χ1v) is 8.97. The smallest absolute Gasteiger partial charge is 0.408 e. The highest BCUT2D eigenvalue weighted by atomic mass is 16.5. The fourth-order valence-electron chi connectivity index (χ4n) is 4.13. The van der Waals surface area contributed by atoms with Gasteiger partial charge in [-0.1, -0.05) is 12.1 Å². The summed E-state index contributed by atoms with van der Waals surface area (Å²) in [4.78, 5) is 37.3. The topological polar surface area (TPSA) is 95.9 Å². The zero-order chi connectivity index (χ0) is 18.5. The van der Waals surface area contributed by atoms with Gasteiger partial charge in [-0.2, -0.15) is 0 Å². The second kappa shape index (κ2) is 6.00. The molecular formula is C19H22N2O5. The SMILES string of the molecule is COC(=O)c1ccc(C2(NC(=O)C3CCC4CC4N3C(=O)O)CC2)cc1. The van der Waals surface area contributed by atoms with E-state index >= 15 is 0 Å². The Morgan fingerprint density at radius 3 is 2.46 bits per heavy atom. The molecule has 1 heterocycles. The number of ether oxygens (including phenoxy) is 1. The molecule has 7 heteroatoms. The van der Waals surface area contributed by atoms with Gasteiger partial charge in [0.25, 0.3) is 0 Å². The quantitative estimate of drug-likeness (QED) is 0.804. The predicted molar refractivity (Wildman–Crippen MR) is 91.6 cm³/mol. The van der Waals surface area contributed by atoms with Gasteiger partial charge in [-0.3, -0.25) is 9.69 Å². The van der Waals surface area contributed by atoms with Crippen LogP contribution in [0.15, 0.2) is 24.3 Å². The van der Waals surface area contributed by atoms with Gasteiger partial charge in [0.1, 0.15) is 6.04 Å². The number of nitrogens with one attached hydrogen (secondary N) is 1. The van der Waals surface area contributed by atoms with Crippen molar-refractivity contribution in [2.75, 3.05) is 7.11 Å². The lowest BCUT2D eigenvalue weighted by Crippen LogP contribution is -2.54. The minimum absolute atomic E-state index is 0.00601. The number of nitrogens with zero attached hydrogens (tertiary/aromatic N) is 1. The van der Waals surface area contributed by atoms with Crippen LogP contribution in [0.25, 0.3) is 0 Å². The van der Waals surface area contributed by atoms with Gasteiger partial charge in [-0.15, -0.1) is 0 Å². The van der Waals surface area contributed by atoms with E-state index in [2.05, 4.69) is 5.32 Å². The molecule has 3 atom stereocenters. The monoisotopic (exact) mass is 358 g/mol. The summed E-state index contributed by atoms with van der Waals surface area (Å²) in [7, 11) is 1.33. The molecule has 3 aliphatic rings. The number of hydrogen-bond donors (Lipinski definition) is 2. The Morgan fingerprint density at radius 1 is 1.19 bits per heavy atom. The van der Waals surface area contributed by atoms with Gasteiger partial charge < -0.3 is 15.2 Å². The number of piperidine rings is 1. The standard InChI is InChI=1S/C19H22N2O5/c1-26-17(23)11-2-5-13(6-3-11)19(8-9-19)20-16(22)14-7-4-12-10-15(12)21(14)18(24)25/h2-3,5-6,12,14-15H,4,7-10H2,1H3,(H,20,22)(H,24,25). The van der Waals surface area contributed by atoms with Crippen molar-refractivity contribution in [3.63, 3.8) is 0 Å². The summed E-state index contributed by atoms with van der Waals surface area (Å²) in [5, 5.41) is 12.6. The molecule has 2 saturated carbocycles. The first-order chi connectivity index (χ1) is 12.4. The fraction of sp³-hybridized carbons (Fsp3) is 0.526. The van der Waals surface area contributed by atoms with Gasteiger partial charge >= 0.3 is 12.1 Å². The van der Waals surface area contributed by atoms with E-state index in [0.29, 0.717) is 17.9 Å². The van der Waals surface area contributed by atoms with Crippen LogP contribution >= 0.6 is 0 Å². The Morgan fingerprint density at radius 2 is 1.88 bits per heavy atom. The molecule has 1 aromatic carbocycles. The molecule has 3 unspecified atom stereocenters. The van der Waals surface area contributed by atoms with Crippen molar-refractivity contribution in [2.45, 2.75) is 49.7 Å². The zero-order valence-electron chi connectivity index (χ0n) is 14.6. The molecule has 0 spiro atoms. The van der Waals surface area contributed by atoms with E-state index in [1.165, 1.54) is 12.0 Å². The van der Waals surface area contributed by atoms with Gasteiger partial charge in [0, 0.05) is 6.04 Å². The van der Waals surface area contributed by atoms with Crippen LogP contribution in [0.3, 0.4) is 0 Å². The Labute approximate surface area is 151 Å². The van der Waals surface area contributed by atoms with Crippen LogP contribution in [0.4, 0.5) is 4.79 Å². The van der Waals surface area contributed by atoms with Crippen molar-refractivity contribution in [1.29, 1.82) is 0 Å². The lowest BCUT2D eigenvalue weighted by atomic mass is 9.99. The number of carbonyl (C=O) groups excluding carboxylic acids is 2. The number of esters is 1. The zero-order valence-corrected chi connectivity index (χ0v) is 14.6. The average molecular weight is 358 g/mol. The molecule has 2 aliphatic carbocycles. The lowest BCUT2D eigenvalue weighted by molar-refractivity contribution is -0.128. The van der Waals surface area contributed by atoms with Gasteiger partial charge in [0.15, 0.2) is 0 Å². The summed E-state index contributed by atoms with van der Waals surface area (Å²) in [5.74, 6) is -0.188. The second-order valence-electron chi connectivity index (χ2n) is 7.49. The number of fused-ring (bicyclic) bond motifs is 1. The number of methoxy groups -OCH3 is 1. The number of rotatable bonds is 4. The van der Waals surface area contributed by atoms with Crippen LogP contribution in [0.1, 0.15) is 48.0 Å². The van der Waals surface area contributed by atoms with Crippen LogP contribution in [-0.2, 0) is 15.1 Å². The third kappa shape index (κ3) is 2.81. The molecule has 2 amide bonds. The normalized spacial score (nSPS) is 27.9. The van der Waals surface area contributed by atoms with Crippen LogP contribution < -0.4 is 5.32 Å². The van der Waals surface area contributed by atoms with E-state index in [4.69, 9.17) is 4.74 Å². The highest BCUT2D eigenvalue weighted by Gasteiger charge is 2.54. The molecule has 4 rings (SSSR count). The molecule has 3 fully saturated rings. The molecule has 1 saturated heterocycles. The maximum Gasteiger partial charge on any atom is 0.408 e. The Kier molecular flexibility index (Phi) is 3.89. The minimum Gasteiger partial charge on any atom is -0.465 e. The van der Waals surface area contributed by atoms with E-state index in [0.717, 1.165) is 31.2 Å². The first-order valence-electron chi connectivity index (χ1n) is 8.97. The molecule has 1 aliphatic heterocycles. The molecule has 2 N–H and O–H groups in total. The lowest BCUT2D eigenvalue weighted by Gasteiger charge is -2.33. The third-order valence-corrected chi connectivity index (χ3v) is 5.88. The molecule has 0 radical (unpaired) electrons. The van der Waals surface area contributed by atoms with E-state index in [9.17, 15) is 19.5 Å². The van der Waals surface area contributed by atoms with E-state index in [1.807, 2.05) is 12.1 Å². The fourth-order valence-corrected chi connectivity index (χ4v) is 4.13. The van der Waals surface area contributed by atoms with E-state index in [-0.39, 0.29) is 11.9 Å². The van der Waals surface area contributed by atoms with Crippen molar-refractivity contribution in [3.05, 3.63) is 35.4 Å². The summed E-state index contributed by atoms with van der Waals surface area (Å²) in [6, 6.07) is 6.42. The molecule has 0 bridgehead atoms. The number of benzene rings is 1. The maximum atomic E-state index is 12.8. The molecule has 138 valence electrons. The van der Waals surface area contributed by atoms with Crippen LogP contribution in [0, 0.1) is 5.92 Å². The first kappa shape index (κ1) is 16.9. The highest BCUT2D eigenvalue weighted by Crippen LogP contribution is 2.48. The number of carbonyl (C=O) groups is 3. The summed E-state index contributed by atoms with van der Waals surface area (Å²) in [6.07, 6.45) is 2.97. The minimum atomic E-state index is -1.01. The Hall–Kier alpha value is -2.57. The van der Waals surface area contributed by atoms with Crippen LogP contribution in [0.5, 0.6) is 0 Å². The number of likely N-dealkylation sites (tertiary alicyclic amines) is 1. The van der Waals surface area contributed by atoms with Crippen LogP contribution in [0.2, 0.25) is 0 Å². The summed E-state index contributed by atoms with van der Waals surface area (Å²) >= 11 is 0. The van der Waals surface area contributed by atoms with Gasteiger partial charge in [-0.25, -0.2) is 9.59 Å². The molecule has 1 aromatic rings. The van der Waals surface area contributed by atoms with Crippen LogP contribution in [-0.4, -0.2) is 47.2 Å². The van der Waals surface area contributed by atoms with Gasteiger partial charge in [-0.05, 0) is 55.7 Å². The number of carboxylic acid groups (broad SMARTS) is 1. The van der Waals surface area contributed by atoms with Crippen molar-refractivity contribution in [2.24, 2.45) is 5.92 Å². The Balaban J connectivity index is 1.48. The highest BCUT2D eigenvalue weighted by molar-refractivity contribution is 5.89. The molecule has 0 aromatic heterocycles. The van der Waals surface area contributed by atoms with Crippen molar-refractivity contribution in [3.8, 4) is 0 Å². The third-order valence-electron chi connectivity index (χ3n) is 5.88. The Bertz CT molecular complexity index is 756. The average Bonchev–Trinajstić information content (AvgIpc) is 3.55. The van der Waals surface area contributed by atoms with Crippen molar-refractivity contribution in [1.82, 2.24) is 10.2 Å². The van der Waals surface area contributed by atoms with E-state index in [1.54, 1.807) is 12.1 Å². The number of amides is 2. The number of hydrogen-bond acceptors (Lipinski definition) is 4. The van der Waals surface area contributed by atoms with Crippen molar-refractivity contribution < 1.29 is 24.2 Å². The predicted octanol–water partition coefficient (Wildman–Crippen LogP) is 2.11. The summed E-state index contributed by atoms with van der Waals surface area (Å²) < 4.78 is 4.70. The second-order valence-corrected chi connectivity index (χ2v) is 7.49. The largest absolute Gasteiger partial charge is 0.465 e. The molecular weight excluding hydrogens is 336 g/mol. The molecule has 7 nitrogen and oxygen atoms in total. The molecule has 26 heavy (non-hydrogen) atoms. The summed E-state index contributed by atoms with van der Waals surface area (Å²) in [6.45, 7) is 0.